The molecule has 0 saturated carbocycles. The van der Waals surface area contributed by atoms with Crippen LogP contribution in [0.3, 0.4) is 0 Å². The Labute approximate surface area is 123 Å². The van der Waals surface area contributed by atoms with Crippen LogP contribution < -0.4 is 4.74 Å². The lowest BCUT2D eigenvalue weighted by Crippen LogP contribution is -2.12. The lowest BCUT2D eigenvalue weighted by molar-refractivity contribution is -0.0504. The van der Waals surface area contributed by atoms with E-state index in [1.54, 1.807) is 6.92 Å². The number of halogens is 3. The smallest absolute Gasteiger partial charge is 0.387 e. The van der Waals surface area contributed by atoms with E-state index in [4.69, 9.17) is 4.74 Å². The molecule has 0 N–H and O–H groups in total. The highest BCUT2D eigenvalue weighted by atomic mass is 79.9. The van der Waals surface area contributed by atoms with Crippen LogP contribution in [-0.2, 0) is 4.74 Å². The number of ether oxygens (including phenoxy) is 2. The number of esters is 1. The molecular formula is C13H13BrF2O4. The zero-order valence-corrected chi connectivity index (χ0v) is 12.3. The van der Waals surface area contributed by atoms with Gasteiger partial charge in [0.15, 0.2) is 5.78 Å². The first-order valence-electron chi connectivity index (χ1n) is 5.84. The van der Waals surface area contributed by atoms with Gasteiger partial charge in [-0.1, -0.05) is 15.9 Å². The number of hydrogen-bond donors (Lipinski definition) is 0. The van der Waals surface area contributed by atoms with Crippen molar-refractivity contribution in [1.82, 2.24) is 0 Å². The SMILES string of the molecule is CCOC(=O)c1cc(C(=O)CCBr)ccc1OC(F)F. The Morgan fingerprint density at radius 2 is 2.05 bits per heavy atom. The van der Waals surface area contributed by atoms with Gasteiger partial charge in [0.2, 0.25) is 0 Å². The van der Waals surface area contributed by atoms with Gasteiger partial charge >= 0.3 is 12.6 Å². The third-order valence-electron chi connectivity index (χ3n) is 2.33. The summed E-state index contributed by atoms with van der Waals surface area (Å²) in [6.07, 6.45) is 0.233. The minimum atomic E-state index is -3.06. The average molecular weight is 351 g/mol. The summed E-state index contributed by atoms with van der Waals surface area (Å²) in [7, 11) is 0. The Hall–Kier alpha value is -1.50. The monoisotopic (exact) mass is 350 g/mol. The standard InChI is InChI=1S/C13H13BrF2O4/c1-2-19-12(18)9-7-8(10(17)5-6-14)3-4-11(9)20-13(15)16/h3-4,7,13H,2,5-6H2,1H3. The predicted octanol–water partition coefficient (Wildman–Crippen LogP) is 3.43. The van der Waals surface area contributed by atoms with Gasteiger partial charge in [-0.05, 0) is 25.1 Å². The summed E-state index contributed by atoms with van der Waals surface area (Å²) < 4.78 is 33.6. The molecule has 0 saturated heterocycles. The zero-order valence-electron chi connectivity index (χ0n) is 10.7. The number of carbonyl (C=O) groups is 2. The minimum Gasteiger partial charge on any atom is -0.462 e. The molecule has 1 aromatic carbocycles. The number of alkyl halides is 3. The fourth-order valence-electron chi connectivity index (χ4n) is 1.50. The van der Waals surface area contributed by atoms with Gasteiger partial charge < -0.3 is 9.47 Å². The number of hydrogen-bond acceptors (Lipinski definition) is 4. The van der Waals surface area contributed by atoms with Crippen LogP contribution in [-0.4, -0.2) is 30.3 Å². The van der Waals surface area contributed by atoms with Crippen LogP contribution in [0.4, 0.5) is 8.78 Å². The fraction of sp³-hybridized carbons (Fsp3) is 0.385. The third kappa shape index (κ3) is 4.56. The van der Waals surface area contributed by atoms with Crippen molar-refractivity contribution >= 4 is 27.7 Å². The van der Waals surface area contributed by atoms with Gasteiger partial charge in [0.25, 0.3) is 0 Å². The molecule has 0 radical (unpaired) electrons. The first-order chi connectivity index (χ1) is 9.49. The quantitative estimate of drug-likeness (QED) is 0.429. The van der Waals surface area contributed by atoms with E-state index in [2.05, 4.69) is 20.7 Å². The summed E-state index contributed by atoms with van der Waals surface area (Å²) >= 11 is 3.13. The Bertz CT molecular complexity index is 491. The molecule has 1 aromatic rings. The summed E-state index contributed by atoms with van der Waals surface area (Å²) in [5, 5.41) is 0.468. The lowest BCUT2D eigenvalue weighted by Gasteiger charge is -2.11. The molecule has 0 aliphatic rings. The molecule has 0 heterocycles. The van der Waals surface area contributed by atoms with Crippen LogP contribution in [0.1, 0.15) is 34.1 Å². The Balaban J connectivity index is 3.13. The first-order valence-corrected chi connectivity index (χ1v) is 6.96. The molecule has 0 atom stereocenters. The van der Waals surface area contributed by atoms with E-state index in [0.717, 1.165) is 0 Å². The van der Waals surface area contributed by atoms with Crippen molar-refractivity contribution in [2.45, 2.75) is 20.0 Å². The molecule has 0 bridgehead atoms. The Morgan fingerprint density at radius 1 is 1.35 bits per heavy atom. The van der Waals surface area contributed by atoms with E-state index >= 15 is 0 Å². The van der Waals surface area contributed by atoms with Crippen molar-refractivity contribution in [3.8, 4) is 5.75 Å². The first kappa shape index (κ1) is 16.6. The molecule has 20 heavy (non-hydrogen) atoms. The molecule has 0 aliphatic carbocycles. The largest absolute Gasteiger partial charge is 0.462 e. The van der Waals surface area contributed by atoms with Crippen LogP contribution in [0.2, 0.25) is 0 Å². The highest BCUT2D eigenvalue weighted by molar-refractivity contribution is 9.09. The second-order valence-electron chi connectivity index (χ2n) is 3.67. The molecule has 0 aliphatic heterocycles. The van der Waals surface area contributed by atoms with E-state index < -0.39 is 12.6 Å². The third-order valence-corrected chi connectivity index (χ3v) is 2.73. The van der Waals surface area contributed by atoms with Gasteiger partial charge in [-0.3, -0.25) is 4.79 Å². The van der Waals surface area contributed by atoms with Gasteiger partial charge in [0.05, 0.1) is 6.61 Å². The summed E-state index contributed by atoms with van der Waals surface area (Å²) in [6.45, 7) is -1.38. The van der Waals surface area contributed by atoms with Gasteiger partial charge in [-0.15, -0.1) is 0 Å². The highest BCUT2D eigenvalue weighted by Gasteiger charge is 2.19. The predicted molar refractivity (Wildman–Crippen MR) is 71.8 cm³/mol. The van der Waals surface area contributed by atoms with E-state index in [1.807, 2.05) is 0 Å². The van der Waals surface area contributed by atoms with Crippen molar-refractivity contribution < 1.29 is 27.8 Å². The van der Waals surface area contributed by atoms with E-state index in [9.17, 15) is 18.4 Å². The van der Waals surface area contributed by atoms with Crippen LogP contribution in [0, 0.1) is 0 Å². The van der Waals surface area contributed by atoms with Crippen molar-refractivity contribution in [3.05, 3.63) is 29.3 Å². The van der Waals surface area contributed by atoms with Gasteiger partial charge in [0.1, 0.15) is 11.3 Å². The molecule has 0 spiro atoms. The molecule has 0 unspecified atom stereocenters. The van der Waals surface area contributed by atoms with Crippen LogP contribution in [0.15, 0.2) is 18.2 Å². The van der Waals surface area contributed by atoms with E-state index in [1.165, 1.54) is 18.2 Å². The van der Waals surface area contributed by atoms with Crippen molar-refractivity contribution in [2.75, 3.05) is 11.9 Å². The lowest BCUT2D eigenvalue weighted by atomic mass is 10.0. The maximum atomic E-state index is 12.3. The average Bonchev–Trinajstić information content (AvgIpc) is 2.39. The molecule has 0 amide bonds. The molecule has 0 aromatic heterocycles. The number of Topliss-reactive ketones (excluding diaryl/α,β-unsaturated/α-hetero) is 1. The maximum absolute atomic E-state index is 12.3. The van der Waals surface area contributed by atoms with Gasteiger partial charge in [-0.25, -0.2) is 4.79 Å². The van der Waals surface area contributed by atoms with E-state index in [0.29, 0.717) is 5.33 Å². The molecule has 1 rings (SSSR count). The minimum absolute atomic E-state index is 0.0898. The summed E-state index contributed by atoms with van der Waals surface area (Å²) in [6, 6.07) is 3.71. The number of rotatable bonds is 7. The molecule has 4 nitrogen and oxygen atoms in total. The second-order valence-corrected chi connectivity index (χ2v) is 4.47. The Morgan fingerprint density at radius 3 is 2.60 bits per heavy atom. The van der Waals surface area contributed by atoms with Crippen LogP contribution in [0.5, 0.6) is 5.75 Å². The molecule has 110 valence electrons. The zero-order chi connectivity index (χ0) is 15.1. The van der Waals surface area contributed by atoms with Gasteiger partial charge in [-0.2, -0.15) is 8.78 Å². The fourth-order valence-corrected chi connectivity index (χ4v) is 1.86. The topological polar surface area (TPSA) is 52.6 Å². The van der Waals surface area contributed by atoms with Gasteiger partial charge in [0, 0.05) is 17.3 Å². The van der Waals surface area contributed by atoms with Crippen molar-refractivity contribution in [1.29, 1.82) is 0 Å². The van der Waals surface area contributed by atoms with E-state index in [-0.39, 0.29) is 35.7 Å². The maximum Gasteiger partial charge on any atom is 0.387 e. The summed E-state index contributed by atoms with van der Waals surface area (Å²) in [5.41, 5.74) is 0.0571. The molecule has 7 heteroatoms. The van der Waals surface area contributed by atoms with Crippen molar-refractivity contribution in [2.24, 2.45) is 0 Å². The summed E-state index contributed by atoms with van der Waals surface area (Å²) in [4.78, 5) is 23.5. The summed E-state index contributed by atoms with van der Waals surface area (Å²) in [5.74, 6) is -1.33. The van der Waals surface area contributed by atoms with Crippen molar-refractivity contribution in [3.63, 3.8) is 0 Å². The number of benzene rings is 1. The molecular weight excluding hydrogens is 338 g/mol. The number of carbonyl (C=O) groups excluding carboxylic acids is 2. The van der Waals surface area contributed by atoms with Crippen LogP contribution >= 0.6 is 15.9 Å². The Kier molecular flexibility index (Phi) is 6.57. The van der Waals surface area contributed by atoms with Crippen LogP contribution in [0.25, 0.3) is 0 Å². The molecule has 0 fully saturated rings. The second kappa shape index (κ2) is 7.94. The highest BCUT2D eigenvalue weighted by Crippen LogP contribution is 2.24. The number of ketones is 1. The normalized spacial score (nSPS) is 10.4.